The van der Waals surface area contributed by atoms with Gasteiger partial charge in [-0.1, -0.05) is 12.1 Å². The number of hydrogen-bond acceptors (Lipinski definition) is 6. The van der Waals surface area contributed by atoms with E-state index in [2.05, 4.69) is 22.0 Å². The molecule has 0 saturated carbocycles. The predicted molar refractivity (Wildman–Crippen MR) is 117 cm³/mol. The molecule has 31 heavy (non-hydrogen) atoms. The number of rotatable bonds is 3. The third kappa shape index (κ3) is 3.77. The molecule has 164 valence electrons. The molecule has 1 aromatic carbocycles. The van der Waals surface area contributed by atoms with E-state index in [9.17, 15) is 4.79 Å². The van der Waals surface area contributed by atoms with E-state index in [0.29, 0.717) is 31.9 Å². The second-order valence-corrected chi connectivity index (χ2v) is 8.38. The lowest BCUT2D eigenvalue weighted by atomic mass is 9.79. The van der Waals surface area contributed by atoms with Crippen molar-refractivity contribution in [3.05, 3.63) is 53.2 Å². The number of hydrogen-bond donors (Lipinski definition) is 0. The molecule has 2 aromatic rings. The number of piperidine rings is 1. The van der Waals surface area contributed by atoms with Gasteiger partial charge in [-0.3, -0.25) is 4.79 Å². The van der Waals surface area contributed by atoms with Gasteiger partial charge >= 0.3 is 0 Å². The fourth-order valence-electron chi connectivity index (χ4n) is 5.04. The number of ether oxygens (including phenoxy) is 3. The summed E-state index contributed by atoms with van der Waals surface area (Å²) in [5.74, 6) is 1.86. The molecular weight excluding hydrogens is 394 g/mol. The van der Waals surface area contributed by atoms with Gasteiger partial charge in [-0.15, -0.1) is 0 Å². The first-order chi connectivity index (χ1) is 15.2. The number of anilines is 1. The molecule has 1 spiro atoms. The first kappa shape index (κ1) is 20.3. The van der Waals surface area contributed by atoms with Crippen LogP contribution in [-0.2, 0) is 21.5 Å². The smallest absolute Gasteiger partial charge is 0.255 e. The highest BCUT2D eigenvalue weighted by molar-refractivity contribution is 5.94. The fourth-order valence-corrected chi connectivity index (χ4v) is 5.04. The molecule has 1 amide bonds. The van der Waals surface area contributed by atoms with Crippen molar-refractivity contribution in [2.24, 2.45) is 0 Å². The van der Waals surface area contributed by atoms with Crippen LogP contribution < -0.4 is 9.64 Å². The Morgan fingerprint density at radius 3 is 2.58 bits per heavy atom. The van der Waals surface area contributed by atoms with Gasteiger partial charge in [0.2, 0.25) is 0 Å². The summed E-state index contributed by atoms with van der Waals surface area (Å²) < 4.78 is 17.4. The highest BCUT2D eigenvalue weighted by atomic mass is 16.5. The van der Waals surface area contributed by atoms with Crippen molar-refractivity contribution in [2.45, 2.75) is 24.9 Å². The highest BCUT2D eigenvalue weighted by Gasteiger charge is 2.43. The van der Waals surface area contributed by atoms with Gasteiger partial charge in [0.15, 0.2) is 0 Å². The van der Waals surface area contributed by atoms with E-state index in [1.54, 1.807) is 13.3 Å². The molecule has 1 aromatic heterocycles. The van der Waals surface area contributed by atoms with E-state index >= 15 is 0 Å². The molecule has 0 aliphatic carbocycles. The number of benzene rings is 1. The molecule has 3 aliphatic rings. The third-order valence-electron chi connectivity index (χ3n) is 6.73. The molecule has 5 rings (SSSR count). The molecule has 2 fully saturated rings. The number of pyridine rings is 1. The average molecular weight is 424 g/mol. The van der Waals surface area contributed by atoms with Crippen molar-refractivity contribution in [3.63, 3.8) is 0 Å². The molecule has 4 heterocycles. The van der Waals surface area contributed by atoms with Crippen molar-refractivity contribution >= 4 is 11.7 Å². The predicted octanol–water partition coefficient (Wildman–Crippen LogP) is 2.63. The van der Waals surface area contributed by atoms with E-state index in [-0.39, 0.29) is 11.5 Å². The molecule has 7 nitrogen and oxygen atoms in total. The van der Waals surface area contributed by atoms with Crippen LogP contribution in [0.4, 0.5) is 5.82 Å². The quantitative estimate of drug-likeness (QED) is 0.756. The van der Waals surface area contributed by atoms with E-state index < -0.39 is 0 Å². The van der Waals surface area contributed by atoms with Crippen LogP contribution in [0.1, 0.15) is 34.3 Å². The number of carbonyl (C=O) groups excluding carboxylic acids is 1. The minimum absolute atomic E-state index is 0.0271. The molecule has 0 atom stereocenters. The van der Waals surface area contributed by atoms with Crippen molar-refractivity contribution in [1.82, 2.24) is 9.88 Å². The van der Waals surface area contributed by atoms with Gasteiger partial charge in [0.05, 0.1) is 32.5 Å². The van der Waals surface area contributed by atoms with Crippen LogP contribution in [0.3, 0.4) is 0 Å². The number of morpholine rings is 1. The van der Waals surface area contributed by atoms with Crippen LogP contribution >= 0.6 is 0 Å². The van der Waals surface area contributed by atoms with Gasteiger partial charge in [-0.25, -0.2) is 4.98 Å². The van der Waals surface area contributed by atoms with E-state index in [0.717, 1.165) is 50.5 Å². The normalized spacial score (nSPS) is 20.4. The maximum atomic E-state index is 12.7. The van der Waals surface area contributed by atoms with Crippen LogP contribution in [0.15, 0.2) is 36.5 Å². The Morgan fingerprint density at radius 2 is 1.87 bits per heavy atom. The van der Waals surface area contributed by atoms with E-state index in [1.807, 2.05) is 23.1 Å². The summed E-state index contributed by atoms with van der Waals surface area (Å²) in [7, 11) is 1.73. The lowest BCUT2D eigenvalue weighted by molar-refractivity contribution is -0.0780. The summed E-state index contributed by atoms with van der Waals surface area (Å²) in [6, 6.07) is 10.1. The molecule has 2 saturated heterocycles. The van der Waals surface area contributed by atoms with Crippen molar-refractivity contribution < 1.29 is 19.0 Å². The van der Waals surface area contributed by atoms with Gasteiger partial charge in [0.25, 0.3) is 5.91 Å². The first-order valence-electron chi connectivity index (χ1n) is 11.1. The summed E-state index contributed by atoms with van der Waals surface area (Å²) in [5.41, 5.74) is 2.91. The zero-order valence-electron chi connectivity index (χ0n) is 18.0. The summed E-state index contributed by atoms with van der Waals surface area (Å²) in [6.45, 7) is 4.92. The van der Waals surface area contributed by atoms with Crippen molar-refractivity contribution in [2.75, 3.05) is 58.0 Å². The van der Waals surface area contributed by atoms with Crippen molar-refractivity contribution in [3.8, 4) is 5.75 Å². The monoisotopic (exact) mass is 423 g/mol. The first-order valence-corrected chi connectivity index (χ1v) is 11.1. The lowest BCUT2D eigenvalue weighted by Gasteiger charge is -2.45. The molecule has 3 aliphatic heterocycles. The van der Waals surface area contributed by atoms with Crippen LogP contribution in [-0.4, -0.2) is 68.9 Å². The number of nitrogens with zero attached hydrogens (tertiary/aromatic N) is 3. The fraction of sp³-hybridized carbons (Fsp3) is 0.500. The summed E-state index contributed by atoms with van der Waals surface area (Å²) in [6.07, 6.45) is 4.40. The third-order valence-corrected chi connectivity index (χ3v) is 6.73. The van der Waals surface area contributed by atoms with Gasteiger partial charge in [-0.2, -0.15) is 0 Å². The molecule has 0 N–H and O–H groups in total. The SMILES string of the molecule is COc1cccc2c1C1(CCN(c3ccc(C(=O)N4CCOCC4)cn3)CC1)OCC2. The molecule has 0 radical (unpaired) electrons. The van der Waals surface area contributed by atoms with Crippen molar-refractivity contribution in [1.29, 1.82) is 0 Å². The number of methoxy groups -OCH3 is 1. The molecule has 0 unspecified atom stereocenters. The average Bonchev–Trinajstić information content (AvgIpc) is 2.84. The maximum Gasteiger partial charge on any atom is 0.255 e. The molecule has 0 bridgehead atoms. The summed E-state index contributed by atoms with van der Waals surface area (Å²) in [5, 5.41) is 0. The minimum atomic E-state index is -0.289. The Kier molecular flexibility index (Phi) is 5.54. The summed E-state index contributed by atoms with van der Waals surface area (Å²) in [4.78, 5) is 21.4. The Bertz CT molecular complexity index is 918. The van der Waals surface area contributed by atoms with Gasteiger partial charge in [0, 0.05) is 37.9 Å². The van der Waals surface area contributed by atoms with E-state index in [4.69, 9.17) is 14.2 Å². The van der Waals surface area contributed by atoms with Crippen LogP contribution in [0.25, 0.3) is 0 Å². The molecular formula is C24H29N3O4. The van der Waals surface area contributed by atoms with Gasteiger partial charge < -0.3 is 24.0 Å². The second kappa shape index (κ2) is 8.48. The van der Waals surface area contributed by atoms with E-state index in [1.165, 1.54) is 11.1 Å². The number of fused-ring (bicyclic) bond motifs is 2. The van der Waals surface area contributed by atoms with Crippen LogP contribution in [0, 0.1) is 0 Å². The lowest BCUT2D eigenvalue weighted by Crippen LogP contribution is -2.47. The Balaban J connectivity index is 1.29. The number of amides is 1. The van der Waals surface area contributed by atoms with Crippen LogP contribution in [0.5, 0.6) is 5.75 Å². The molecule has 7 heteroatoms. The Hall–Kier alpha value is -2.64. The number of aromatic nitrogens is 1. The largest absolute Gasteiger partial charge is 0.496 e. The van der Waals surface area contributed by atoms with Gasteiger partial charge in [-0.05, 0) is 43.0 Å². The Labute approximate surface area is 182 Å². The topological polar surface area (TPSA) is 64.1 Å². The highest BCUT2D eigenvalue weighted by Crippen LogP contribution is 2.46. The minimum Gasteiger partial charge on any atom is -0.496 e. The zero-order chi connectivity index (χ0) is 21.3. The van der Waals surface area contributed by atoms with Crippen LogP contribution in [0.2, 0.25) is 0 Å². The van der Waals surface area contributed by atoms with Gasteiger partial charge in [0.1, 0.15) is 17.2 Å². The second-order valence-electron chi connectivity index (χ2n) is 8.38. The maximum absolute atomic E-state index is 12.7. The number of carbonyl (C=O) groups is 1. The standard InChI is InChI=1S/C24H29N3O4/c1-29-20-4-2-3-18-7-14-31-24(22(18)20)8-10-26(11-9-24)21-6-5-19(17-25-21)23(28)27-12-15-30-16-13-27/h2-6,17H,7-16H2,1H3. The summed E-state index contributed by atoms with van der Waals surface area (Å²) >= 11 is 0. The zero-order valence-corrected chi connectivity index (χ0v) is 18.0. The Morgan fingerprint density at radius 1 is 1.06 bits per heavy atom.